The van der Waals surface area contributed by atoms with Gasteiger partial charge in [0.1, 0.15) is 47.4 Å². The Morgan fingerprint density at radius 2 is 0.537 bits per heavy atom. The summed E-state index contributed by atoms with van der Waals surface area (Å²) in [6.07, 6.45) is 8.46. The SMILES string of the molecule is CC.CC.CC.CC.CC.CC.CC.CC.CC.CC.CC.CC.Cc1cccc2c3ccccc3n3cc[n+](C)c3c12.Cc1ccccc1-c1n(-c2ccccc2)c2ccccc2[n+]1C.Cc1ccccc1-c1n(-c2ccccc2)c2ccccc2[n+]1C.Cc1ccccc1-c1n(-c2ccccc2)cc[n+]1C. The third-order valence-electron chi connectivity index (χ3n) is 16.2. The Kier molecular flexibility index (Phi) is 50.5. The lowest BCUT2D eigenvalue weighted by molar-refractivity contribution is -0.659. The van der Waals surface area contributed by atoms with Crippen molar-refractivity contribution in [1.29, 1.82) is 0 Å². The molecule has 0 fully saturated rings. The molecule has 0 unspecified atom stereocenters. The number of nitrogens with zero attached hydrogens (tertiary/aromatic N) is 8. The maximum Gasteiger partial charge on any atom is 0.295 e. The fourth-order valence-corrected chi connectivity index (χ4v) is 12.0. The topological polar surface area (TPSA) is 34.7 Å². The first kappa shape index (κ1) is 97.6. The van der Waals surface area contributed by atoms with Gasteiger partial charge in [0.05, 0.1) is 50.3 Å². The number of aryl methyl sites for hydroxylation is 8. The van der Waals surface area contributed by atoms with Crippen molar-refractivity contribution >= 4 is 49.4 Å². The van der Waals surface area contributed by atoms with E-state index in [9.17, 15) is 0 Å². The molecule has 5 aromatic heterocycles. The lowest BCUT2D eigenvalue weighted by Gasteiger charge is -2.06. The fraction of sp³-hybridized carbons (Fsp3) is 0.320. The van der Waals surface area contributed by atoms with Crippen molar-refractivity contribution in [3.8, 4) is 51.2 Å². The highest BCUT2D eigenvalue weighted by Gasteiger charge is 2.28. The van der Waals surface area contributed by atoms with Crippen LogP contribution in [0, 0.1) is 27.7 Å². The molecule has 578 valence electrons. The van der Waals surface area contributed by atoms with Crippen LogP contribution in [0.25, 0.3) is 101 Å². The van der Waals surface area contributed by atoms with E-state index < -0.39 is 0 Å². The van der Waals surface area contributed by atoms with E-state index in [1.54, 1.807) is 0 Å². The van der Waals surface area contributed by atoms with Crippen molar-refractivity contribution in [2.75, 3.05) is 0 Å². The number of rotatable bonds is 6. The van der Waals surface area contributed by atoms with E-state index in [0.29, 0.717) is 0 Å². The molecule has 10 aromatic carbocycles. The molecule has 8 nitrogen and oxygen atoms in total. The predicted octanol–water partition coefficient (Wildman–Crippen LogP) is 27.8. The average molecular weight is 1460 g/mol. The van der Waals surface area contributed by atoms with E-state index in [0.717, 1.165) is 0 Å². The monoisotopic (exact) mass is 1460 g/mol. The van der Waals surface area contributed by atoms with E-state index in [1.165, 1.54) is 123 Å². The molecule has 0 atom stereocenters. The van der Waals surface area contributed by atoms with Crippen molar-refractivity contribution in [2.24, 2.45) is 28.2 Å². The van der Waals surface area contributed by atoms with Gasteiger partial charge in [0.15, 0.2) is 22.1 Å². The first-order chi connectivity index (χ1) is 53.1. The number of para-hydroxylation sites is 8. The van der Waals surface area contributed by atoms with Gasteiger partial charge < -0.3 is 0 Å². The molecule has 0 aliphatic carbocycles. The summed E-state index contributed by atoms with van der Waals surface area (Å²) in [5, 5.41) is 3.98. The molecule has 0 bridgehead atoms. The number of fused-ring (bicyclic) bond motifs is 8. The summed E-state index contributed by atoms with van der Waals surface area (Å²) in [6, 6.07) is 89.4. The van der Waals surface area contributed by atoms with Crippen LogP contribution in [0.5, 0.6) is 0 Å². The minimum absolute atomic E-state index is 1.18. The number of pyridine rings is 1. The van der Waals surface area contributed by atoms with Crippen LogP contribution in [0.15, 0.2) is 280 Å². The maximum atomic E-state index is 2.34. The van der Waals surface area contributed by atoms with Crippen LogP contribution >= 0.6 is 0 Å². The van der Waals surface area contributed by atoms with Gasteiger partial charge in [-0.3, -0.25) is 0 Å². The highest BCUT2D eigenvalue weighted by Crippen LogP contribution is 2.33. The second-order valence-electron chi connectivity index (χ2n) is 21.6. The minimum Gasteiger partial charge on any atom is -0.232 e. The zero-order valence-corrected chi connectivity index (χ0v) is 73.1. The van der Waals surface area contributed by atoms with Crippen molar-refractivity contribution < 1.29 is 18.3 Å². The summed E-state index contributed by atoms with van der Waals surface area (Å²) in [5.41, 5.74) is 19.9. The average Bonchev–Trinajstić information content (AvgIpc) is 1.49. The van der Waals surface area contributed by atoms with Crippen molar-refractivity contribution in [1.82, 2.24) is 18.1 Å². The fourth-order valence-electron chi connectivity index (χ4n) is 12.0. The Balaban J connectivity index is 0.00000129. The zero-order chi connectivity index (χ0) is 81.8. The summed E-state index contributed by atoms with van der Waals surface area (Å²) in [7, 11) is 8.48. The van der Waals surface area contributed by atoms with Gasteiger partial charge in [-0.1, -0.05) is 336 Å². The Labute approximate surface area is 657 Å². The maximum absolute atomic E-state index is 2.34. The third-order valence-corrected chi connectivity index (χ3v) is 16.2. The minimum atomic E-state index is 1.18. The quantitative estimate of drug-likeness (QED) is 0.117. The van der Waals surface area contributed by atoms with Gasteiger partial charge in [-0.05, 0) is 135 Å². The highest BCUT2D eigenvalue weighted by molar-refractivity contribution is 6.12. The number of imidazole rings is 4. The molecule has 15 aromatic rings. The van der Waals surface area contributed by atoms with Gasteiger partial charge >= 0.3 is 0 Å². The summed E-state index contributed by atoms with van der Waals surface area (Å²) in [4.78, 5) is 0. The molecule has 0 N–H and O–H groups in total. The summed E-state index contributed by atoms with van der Waals surface area (Å²) < 4.78 is 18.1. The second-order valence-corrected chi connectivity index (χ2v) is 21.6. The van der Waals surface area contributed by atoms with E-state index >= 15 is 0 Å². The summed E-state index contributed by atoms with van der Waals surface area (Å²) >= 11 is 0. The number of hydrogen-bond acceptors (Lipinski definition) is 0. The van der Waals surface area contributed by atoms with Crippen LogP contribution in [-0.2, 0) is 28.2 Å². The smallest absolute Gasteiger partial charge is 0.232 e. The first-order valence-corrected chi connectivity index (χ1v) is 40.8. The Morgan fingerprint density at radius 3 is 0.926 bits per heavy atom. The Hall–Kier alpha value is -10.4. The molecule has 0 spiro atoms. The molecular weight excluding hydrogens is 1310 g/mol. The standard InChI is InChI=1S/2C21H19N2.C17H15N2.C17H17N2.12C2H6/c2*1-16-10-6-7-13-18(16)21-22(2)19-14-8-9-15-20(19)23(21)17-11-4-3-5-12-17;1-12-6-5-8-14-13-7-3-4-9-15(13)19-11-10-18(2)17(19)16(12)14;1-14-8-6-7-11-16(14)17-18(2)12-13-19(17)15-9-4-3-5-10-15;12*1-2/h2*3-15H,1-2H3;3-11H,1-2H3;3-13H,1-2H3;12*1-2H3/q4*+1;;;;;;;;;;;;. The molecule has 0 saturated carbocycles. The van der Waals surface area contributed by atoms with Gasteiger partial charge in [-0.25, -0.2) is 18.3 Å². The van der Waals surface area contributed by atoms with Crippen molar-refractivity contribution in [2.45, 2.75) is 194 Å². The van der Waals surface area contributed by atoms with E-state index in [-0.39, 0.29) is 0 Å². The Morgan fingerprint density at radius 1 is 0.241 bits per heavy atom. The number of benzene rings is 10. The van der Waals surface area contributed by atoms with Crippen molar-refractivity contribution in [3.05, 3.63) is 302 Å². The molecule has 5 heterocycles. The van der Waals surface area contributed by atoms with Crippen LogP contribution in [0.3, 0.4) is 0 Å². The van der Waals surface area contributed by atoms with Gasteiger partial charge in [-0.2, -0.15) is 18.1 Å². The van der Waals surface area contributed by atoms with E-state index in [4.69, 9.17) is 0 Å². The van der Waals surface area contributed by atoms with Crippen molar-refractivity contribution in [3.63, 3.8) is 0 Å². The van der Waals surface area contributed by atoms with Gasteiger partial charge in [0, 0.05) is 10.8 Å². The van der Waals surface area contributed by atoms with Crippen LogP contribution in [0.1, 0.15) is 188 Å². The summed E-state index contributed by atoms with van der Waals surface area (Å²) in [6.45, 7) is 56.7. The van der Waals surface area contributed by atoms with Gasteiger partial charge in [0.2, 0.25) is 0 Å². The predicted molar refractivity (Wildman–Crippen MR) is 481 cm³/mol. The molecule has 108 heavy (non-hydrogen) atoms. The normalized spacial score (nSPS) is 9.30. The highest BCUT2D eigenvalue weighted by atomic mass is 15.2. The summed E-state index contributed by atoms with van der Waals surface area (Å²) in [5.74, 6) is 3.61. The van der Waals surface area contributed by atoms with Gasteiger partial charge in [-0.15, -0.1) is 0 Å². The Bertz CT molecular complexity index is 4650. The molecule has 8 heteroatoms. The molecule has 0 aliphatic heterocycles. The van der Waals surface area contributed by atoms with Crippen LogP contribution in [-0.4, -0.2) is 18.1 Å². The largest absolute Gasteiger partial charge is 0.295 e. The second kappa shape index (κ2) is 55.9. The third kappa shape index (κ3) is 24.3. The zero-order valence-electron chi connectivity index (χ0n) is 73.1. The van der Waals surface area contributed by atoms with Crippen LogP contribution < -0.4 is 18.3 Å². The molecule has 0 saturated heterocycles. The van der Waals surface area contributed by atoms with E-state index in [1.807, 2.05) is 172 Å². The molecular formula is C100H142N8+4. The van der Waals surface area contributed by atoms with Crippen LogP contribution in [0.4, 0.5) is 0 Å². The lowest BCUT2D eigenvalue weighted by atomic mass is 10.0. The first-order valence-electron chi connectivity index (χ1n) is 40.8. The molecule has 0 amide bonds. The van der Waals surface area contributed by atoms with Crippen LogP contribution in [0.2, 0.25) is 0 Å². The lowest BCUT2D eigenvalue weighted by Crippen LogP contribution is -2.30. The van der Waals surface area contributed by atoms with Gasteiger partial charge in [0.25, 0.3) is 23.1 Å². The number of aromatic nitrogens is 8. The molecule has 15 rings (SSSR count). The van der Waals surface area contributed by atoms with E-state index in [2.05, 4.69) is 366 Å². The number of hydrogen-bond donors (Lipinski definition) is 0. The molecule has 0 aliphatic rings. The molecule has 0 radical (unpaired) electrons.